The molecule has 0 atom stereocenters. The first-order chi connectivity index (χ1) is 6.27. The van der Waals surface area contributed by atoms with Crippen molar-refractivity contribution < 1.29 is 0 Å². The molecular formula is C9H12ClNOS. The predicted octanol–water partition coefficient (Wildman–Crippen LogP) is 3.07. The number of rotatable bonds is 1. The molecule has 13 heavy (non-hydrogen) atoms. The first kappa shape index (κ1) is 9.28. The molecule has 1 fully saturated rings. The van der Waals surface area contributed by atoms with Gasteiger partial charge in [-0.3, -0.25) is 8.75 Å². The van der Waals surface area contributed by atoms with Crippen molar-refractivity contribution in [3.8, 4) is 0 Å². The third-order valence-corrected chi connectivity index (χ3v) is 3.92. The van der Waals surface area contributed by atoms with Crippen molar-refractivity contribution in [3.63, 3.8) is 0 Å². The Balaban J connectivity index is 2.23. The zero-order valence-corrected chi connectivity index (χ0v) is 8.90. The molecule has 1 aliphatic carbocycles. The number of hydrogen-bond acceptors (Lipinski definition) is 2. The number of aromatic nitrogens is 1. The van der Waals surface area contributed by atoms with Gasteiger partial charge < -0.3 is 0 Å². The summed E-state index contributed by atoms with van der Waals surface area (Å²) < 4.78 is 2.04. The summed E-state index contributed by atoms with van der Waals surface area (Å²) in [6, 6.07) is 2.00. The Labute approximate surface area is 86.3 Å². The summed E-state index contributed by atoms with van der Waals surface area (Å²) >= 11 is 7.20. The molecule has 1 aromatic rings. The Morgan fingerprint density at radius 2 is 2.08 bits per heavy atom. The van der Waals surface area contributed by atoms with Crippen LogP contribution < -0.4 is 4.74 Å². The Hall–Kier alpha value is -0.280. The van der Waals surface area contributed by atoms with Crippen LogP contribution in [0.5, 0.6) is 0 Å². The molecule has 2 rings (SSSR count). The lowest BCUT2D eigenvalue weighted by Crippen LogP contribution is -2.10. The fourth-order valence-electron chi connectivity index (χ4n) is 1.89. The van der Waals surface area contributed by atoms with Crippen LogP contribution in [0.1, 0.15) is 38.1 Å². The van der Waals surface area contributed by atoms with Crippen molar-refractivity contribution in [1.82, 2.24) is 3.96 Å². The first-order valence-electron chi connectivity index (χ1n) is 4.66. The highest BCUT2D eigenvalue weighted by Gasteiger charge is 2.17. The highest BCUT2D eigenvalue weighted by Crippen LogP contribution is 2.31. The van der Waals surface area contributed by atoms with E-state index in [-0.39, 0.29) is 4.74 Å². The minimum absolute atomic E-state index is 0.0653. The van der Waals surface area contributed by atoms with Crippen LogP contribution in [0.2, 0.25) is 5.15 Å². The molecule has 0 aliphatic heterocycles. The van der Waals surface area contributed by atoms with E-state index in [1.165, 1.54) is 49.7 Å². The first-order valence-corrected chi connectivity index (χ1v) is 5.81. The zero-order valence-electron chi connectivity index (χ0n) is 7.33. The molecule has 72 valence electrons. The zero-order chi connectivity index (χ0) is 9.26. The molecule has 1 aliphatic rings. The van der Waals surface area contributed by atoms with E-state index in [4.69, 9.17) is 11.6 Å². The average molecular weight is 218 g/mol. The Morgan fingerprint density at radius 3 is 2.62 bits per heavy atom. The molecule has 0 unspecified atom stereocenters. The third kappa shape index (κ3) is 1.97. The molecule has 0 N–H and O–H groups in total. The van der Waals surface area contributed by atoms with E-state index in [1.54, 1.807) is 0 Å². The van der Waals surface area contributed by atoms with Crippen molar-refractivity contribution in [2.45, 2.75) is 38.1 Å². The van der Waals surface area contributed by atoms with Gasteiger partial charge >= 0.3 is 0 Å². The van der Waals surface area contributed by atoms with Gasteiger partial charge in [-0.1, -0.05) is 30.9 Å². The topological polar surface area (TPSA) is 22.0 Å². The number of halogens is 1. The Kier molecular flexibility index (Phi) is 2.74. The van der Waals surface area contributed by atoms with Gasteiger partial charge in [0.1, 0.15) is 5.15 Å². The maximum Gasteiger partial charge on any atom is 0.251 e. The summed E-state index contributed by atoms with van der Waals surface area (Å²) in [5, 5.41) is 0.613. The van der Waals surface area contributed by atoms with Gasteiger partial charge in [-0.2, -0.15) is 0 Å². The minimum atomic E-state index is 0.0653. The van der Waals surface area contributed by atoms with Gasteiger partial charge in [-0.15, -0.1) is 0 Å². The number of nitrogens with zero attached hydrogens (tertiary/aromatic N) is 1. The van der Waals surface area contributed by atoms with Gasteiger partial charge in [-0.05, 0) is 24.4 Å². The fourth-order valence-corrected chi connectivity index (χ4v) is 3.16. The smallest absolute Gasteiger partial charge is 0.251 e. The summed E-state index contributed by atoms with van der Waals surface area (Å²) in [6.45, 7) is 0. The largest absolute Gasteiger partial charge is 0.281 e. The molecule has 2 nitrogen and oxygen atoms in total. The second-order valence-electron chi connectivity index (χ2n) is 3.50. The second-order valence-corrected chi connectivity index (χ2v) is 4.86. The summed E-state index contributed by atoms with van der Waals surface area (Å²) in [6.07, 6.45) is 6.19. The maximum absolute atomic E-state index is 11.1. The lowest BCUT2D eigenvalue weighted by atomic mass is 9.96. The van der Waals surface area contributed by atoms with Crippen LogP contribution in [-0.4, -0.2) is 3.96 Å². The van der Waals surface area contributed by atoms with Gasteiger partial charge in [0, 0.05) is 12.1 Å². The normalized spacial score (nSPS) is 19.2. The van der Waals surface area contributed by atoms with E-state index in [0.717, 1.165) is 0 Å². The van der Waals surface area contributed by atoms with Crippen LogP contribution in [0.25, 0.3) is 0 Å². The van der Waals surface area contributed by atoms with E-state index in [1.807, 2.05) is 3.96 Å². The summed E-state index contributed by atoms with van der Waals surface area (Å²) in [4.78, 5) is 11.1. The maximum atomic E-state index is 11.1. The third-order valence-electron chi connectivity index (χ3n) is 2.54. The van der Waals surface area contributed by atoms with Gasteiger partial charge in [-0.25, -0.2) is 0 Å². The molecule has 0 bridgehead atoms. The van der Waals surface area contributed by atoms with E-state index < -0.39 is 0 Å². The molecule has 1 saturated carbocycles. The number of hydrogen-bond donors (Lipinski definition) is 0. The predicted molar refractivity (Wildman–Crippen MR) is 55.7 cm³/mol. The van der Waals surface area contributed by atoms with Crippen LogP contribution in [-0.2, 0) is 0 Å². The van der Waals surface area contributed by atoms with Gasteiger partial charge in [0.15, 0.2) is 0 Å². The second kappa shape index (κ2) is 3.84. The molecule has 1 aromatic heterocycles. The van der Waals surface area contributed by atoms with E-state index in [2.05, 4.69) is 0 Å². The van der Waals surface area contributed by atoms with Crippen molar-refractivity contribution >= 4 is 23.1 Å². The summed E-state index contributed by atoms with van der Waals surface area (Å²) in [5.41, 5.74) is 0. The lowest BCUT2D eigenvalue weighted by Gasteiger charge is -2.22. The van der Waals surface area contributed by atoms with Crippen LogP contribution >= 0.6 is 23.1 Å². The molecule has 4 heteroatoms. The molecule has 0 amide bonds. The van der Waals surface area contributed by atoms with E-state index in [9.17, 15) is 4.79 Å². The van der Waals surface area contributed by atoms with Crippen LogP contribution in [0, 0.1) is 0 Å². The minimum Gasteiger partial charge on any atom is -0.281 e. The van der Waals surface area contributed by atoms with Crippen molar-refractivity contribution in [1.29, 1.82) is 0 Å². The van der Waals surface area contributed by atoms with Crippen molar-refractivity contribution in [3.05, 3.63) is 20.8 Å². The van der Waals surface area contributed by atoms with Crippen molar-refractivity contribution in [2.24, 2.45) is 0 Å². The molecule has 0 spiro atoms. The lowest BCUT2D eigenvalue weighted by molar-refractivity contribution is 0.370. The fraction of sp³-hybridized carbons (Fsp3) is 0.667. The Morgan fingerprint density at radius 1 is 1.38 bits per heavy atom. The molecule has 0 aromatic carbocycles. The summed E-state index contributed by atoms with van der Waals surface area (Å²) in [7, 11) is 0. The Bertz CT molecular complexity index is 338. The molecule has 1 heterocycles. The van der Waals surface area contributed by atoms with Gasteiger partial charge in [0.2, 0.25) is 0 Å². The standard InChI is InChI=1S/C9H12ClNOS/c10-8-6-9(12)13-11(8)7-4-2-1-3-5-7/h6-7H,1-5H2. The highest BCUT2D eigenvalue weighted by atomic mass is 35.5. The van der Waals surface area contributed by atoms with Gasteiger partial charge in [0.25, 0.3) is 4.74 Å². The average Bonchev–Trinajstić information content (AvgIpc) is 2.47. The SMILES string of the molecule is O=c1cc(Cl)n(C2CCCCC2)s1. The van der Waals surface area contributed by atoms with Crippen LogP contribution in [0.4, 0.5) is 0 Å². The molecular weight excluding hydrogens is 206 g/mol. The summed E-state index contributed by atoms with van der Waals surface area (Å²) in [5.74, 6) is 0. The van der Waals surface area contributed by atoms with Crippen molar-refractivity contribution in [2.75, 3.05) is 0 Å². The van der Waals surface area contributed by atoms with E-state index >= 15 is 0 Å². The van der Waals surface area contributed by atoms with E-state index in [0.29, 0.717) is 11.2 Å². The van der Waals surface area contributed by atoms with Crippen LogP contribution in [0.15, 0.2) is 10.9 Å². The highest BCUT2D eigenvalue weighted by molar-refractivity contribution is 7.04. The molecule has 0 radical (unpaired) electrons. The van der Waals surface area contributed by atoms with Gasteiger partial charge in [0.05, 0.1) is 0 Å². The quantitative estimate of drug-likeness (QED) is 0.709. The molecule has 0 saturated heterocycles. The van der Waals surface area contributed by atoms with Crippen LogP contribution in [0.3, 0.4) is 0 Å². The monoisotopic (exact) mass is 217 g/mol.